The number of halogens is 3. The fourth-order valence-electron chi connectivity index (χ4n) is 2.00. The average molecular weight is 258 g/mol. The predicted octanol–water partition coefficient (Wildman–Crippen LogP) is 2.39. The molecule has 1 aromatic carbocycles. The number of benzene rings is 1. The fraction of sp³-hybridized carbons (Fsp3) is 0.417. The Bertz CT molecular complexity index is 458. The molecule has 0 bridgehead atoms. The zero-order valence-corrected chi connectivity index (χ0v) is 9.70. The molecule has 0 aliphatic carbocycles. The Kier molecular flexibility index (Phi) is 3.06. The largest absolute Gasteiger partial charge is 0.436 e. The summed E-state index contributed by atoms with van der Waals surface area (Å²) in [6.07, 6.45) is -5.27. The Balaban J connectivity index is 2.33. The number of aliphatic hydroxyl groups is 1. The van der Waals surface area contributed by atoms with Crippen LogP contribution in [0.3, 0.4) is 0 Å². The first-order valence-corrected chi connectivity index (χ1v) is 5.48. The highest BCUT2D eigenvalue weighted by atomic mass is 19.4. The maximum absolute atomic E-state index is 12.8. The Morgan fingerprint density at radius 1 is 1.33 bits per heavy atom. The number of alkyl halides is 3. The molecule has 6 heteroatoms. The smallest absolute Gasteiger partial charge is 0.363 e. The summed E-state index contributed by atoms with van der Waals surface area (Å²) in [7, 11) is 0. The zero-order valence-electron chi connectivity index (χ0n) is 9.70. The van der Waals surface area contributed by atoms with Gasteiger partial charge in [0.15, 0.2) is 0 Å². The van der Waals surface area contributed by atoms with Gasteiger partial charge in [-0.2, -0.15) is 13.2 Å². The van der Waals surface area contributed by atoms with Gasteiger partial charge in [-0.05, 0) is 12.5 Å². The number of aliphatic imine (C=N–C) groups is 1. The van der Waals surface area contributed by atoms with E-state index < -0.39 is 24.4 Å². The topological polar surface area (TPSA) is 44.6 Å². The lowest BCUT2D eigenvalue weighted by molar-refractivity contribution is -0.272. The van der Waals surface area contributed by atoms with E-state index in [1.165, 1.54) is 6.92 Å². The monoisotopic (exact) mass is 258 g/mol. The van der Waals surface area contributed by atoms with Crippen LogP contribution in [-0.4, -0.2) is 22.8 Å². The van der Waals surface area contributed by atoms with Crippen molar-refractivity contribution in [2.24, 2.45) is 4.99 Å². The highest BCUT2D eigenvalue weighted by Crippen LogP contribution is 2.39. The highest BCUT2D eigenvalue weighted by Gasteiger charge is 2.56. The van der Waals surface area contributed by atoms with Gasteiger partial charge in [0.05, 0.1) is 11.9 Å². The first kappa shape index (κ1) is 12.9. The van der Waals surface area contributed by atoms with Crippen LogP contribution < -0.4 is 5.32 Å². The average Bonchev–Trinajstić information content (AvgIpc) is 2.27. The van der Waals surface area contributed by atoms with Crippen molar-refractivity contribution in [3.8, 4) is 0 Å². The molecule has 1 heterocycles. The summed E-state index contributed by atoms with van der Waals surface area (Å²) in [6, 6.07) is 7.94. The number of amidine groups is 1. The summed E-state index contributed by atoms with van der Waals surface area (Å²) >= 11 is 0. The van der Waals surface area contributed by atoms with E-state index in [-0.39, 0.29) is 5.84 Å². The molecule has 0 spiro atoms. The summed E-state index contributed by atoms with van der Waals surface area (Å²) in [5, 5.41) is 11.7. The molecule has 1 aliphatic heterocycles. The number of nitrogens with zero attached hydrogens (tertiary/aromatic N) is 1. The number of nitrogens with one attached hydrogen (secondary N) is 1. The van der Waals surface area contributed by atoms with Gasteiger partial charge in [-0.1, -0.05) is 30.3 Å². The Hall–Kier alpha value is -1.56. The zero-order chi connectivity index (χ0) is 13.4. The van der Waals surface area contributed by atoms with E-state index in [9.17, 15) is 18.3 Å². The van der Waals surface area contributed by atoms with Crippen LogP contribution in [0.15, 0.2) is 35.3 Å². The maximum atomic E-state index is 12.8. The van der Waals surface area contributed by atoms with Crippen LogP contribution in [0.5, 0.6) is 0 Å². The molecule has 3 nitrogen and oxygen atoms in total. The molecule has 18 heavy (non-hydrogen) atoms. The molecule has 0 unspecified atom stereocenters. The molecule has 2 atom stereocenters. The Morgan fingerprint density at radius 3 is 2.50 bits per heavy atom. The van der Waals surface area contributed by atoms with Gasteiger partial charge in [0, 0.05) is 6.42 Å². The van der Waals surface area contributed by atoms with Gasteiger partial charge in [0.1, 0.15) is 0 Å². The molecule has 0 radical (unpaired) electrons. The van der Waals surface area contributed by atoms with Crippen molar-refractivity contribution in [3.63, 3.8) is 0 Å². The molecular formula is C12H13F3N2O. The van der Waals surface area contributed by atoms with Crippen molar-refractivity contribution in [2.75, 3.05) is 0 Å². The Labute approximate surface area is 102 Å². The van der Waals surface area contributed by atoms with Gasteiger partial charge < -0.3 is 10.4 Å². The Morgan fingerprint density at radius 2 is 1.94 bits per heavy atom. The molecule has 2 rings (SSSR count). The van der Waals surface area contributed by atoms with Crippen LogP contribution in [0.4, 0.5) is 13.2 Å². The molecule has 2 N–H and O–H groups in total. The second-order valence-electron chi connectivity index (χ2n) is 4.33. The van der Waals surface area contributed by atoms with E-state index in [1.54, 1.807) is 30.3 Å². The summed E-state index contributed by atoms with van der Waals surface area (Å²) in [6.45, 7) is 1.41. The molecule has 0 aromatic heterocycles. The third kappa shape index (κ3) is 2.33. The van der Waals surface area contributed by atoms with Gasteiger partial charge in [-0.25, -0.2) is 0 Å². The molecule has 0 amide bonds. The van der Waals surface area contributed by atoms with Crippen molar-refractivity contribution < 1.29 is 18.3 Å². The van der Waals surface area contributed by atoms with E-state index in [0.717, 1.165) is 0 Å². The van der Waals surface area contributed by atoms with E-state index in [1.807, 2.05) is 5.32 Å². The van der Waals surface area contributed by atoms with Crippen LogP contribution in [0.1, 0.15) is 24.9 Å². The minimum absolute atomic E-state index is 0.0786. The third-order valence-electron chi connectivity index (χ3n) is 2.88. The molecular weight excluding hydrogens is 245 g/mol. The minimum atomic E-state index is -4.74. The van der Waals surface area contributed by atoms with Crippen LogP contribution >= 0.6 is 0 Å². The quantitative estimate of drug-likeness (QED) is 0.812. The highest BCUT2D eigenvalue weighted by molar-refractivity contribution is 5.81. The first-order chi connectivity index (χ1) is 8.32. The van der Waals surface area contributed by atoms with Crippen molar-refractivity contribution in [1.82, 2.24) is 5.32 Å². The number of rotatable bonds is 1. The van der Waals surface area contributed by atoms with Crippen LogP contribution in [0, 0.1) is 0 Å². The molecule has 0 fully saturated rings. The predicted molar refractivity (Wildman–Crippen MR) is 61.0 cm³/mol. The second-order valence-corrected chi connectivity index (χ2v) is 4.33. The lowest BCUT2D eigenvalue weighted by atomic mass is 9.95. The van der Waals surface area contributed by atoms with Gasteiger partial charge in [0.25, 0.3) is 0 Å². The minimum Gasteiger partial charge on any atom is -0.363 e. The second kappa shape index (κ2) is 4.28. The number of hydrogen-bond donors (Lipinski definition) is 2. The molecule has 1 aliphatic rings. The van der Waals surface area contributed by atoms with Gasteiger partial charge in [-0.3, -0.25) is 4.99 Å². The lowest BCUT2D eigenvalue weighted by Gasteiger charge is -2.37. The van der Waals surface area contributed by atoms with Gasteiger partial charge >= 0.3 is 6.18 Å². The fourth-order valence-corrected chi connectivity index (χ4v) is 2.00. The van der Waals surface area contributed by atoms with E-state index in [4.69, 9.17) is 0 Å². The van der Waals surface area contributed by atoms with Crippen LogP contribution in [-0.2, 0) is 0 Å². The van der Waals surface area contributed by atoms with E-state index >= 15 is 0 Å². The van der Waals surface area contributed by atoms with Crippen LogP contribution in [0.25, 0.3) is 0 Å². The SMILES string of the molecule is CC1=N[C@@H](c2ccccc2)C[C@@](O)(C(F)(F)F)N1. The van der Waals surface area contributed by atoms with Gasteiger partial charge in [-0.15, -0.1) is 0 Å². The molecule has 1 aromatic rings. The molecule has 0 saturated heterocycles. The summed E-state index contributed by atoms with van der Waals surface area (Å²) in [5.41, 5.74) is -2.26. The molecule has 98 valence electrons. The third-order valence-corrected chi connectivity index (χ3v) is 2.88. The van der Waals surface area contributed by atoms with Crippen LogP contribution in [0.2, 0.25) is 0 Å². The van der Waals surface area contributed by atoms with Crippen molar-refractivity contribution >= 4 is 5.84 Å². The van der Waals surface area contributed by atoms with Crippen molar-refractivity contribution in [2.45, 2.75) is 31.3 Å². The normalized spacial score (nSPS) is 28.5. The van der Waals surface area contributed by atoms with Crippen molar-refractivity contribution in [3.05, 3.63) is 35.9 Å². The standard InChI is InChI=1S/C12H13F3N2O/c1-8-16-10(9-5-3-2-4-6-9)7-11(18,17-8)12(13,14)15/h2-6,10,18H,7H2,1H3,(H,16,17)/t10-,11-/m1/s1. The van der Waals surface area contributed by atoms with Crippen molar-refractivity contribution in [1.29, 1.82) is 0 Å². The lowest BCUT2D eigenvalue weighted by Crippen LogP contribution is -2.60. The summed E-state index contributed by atoms with van der Waals surface area (Å²) in [4.78, 5) is 4.11. The first-order valence-electron chi connectivity index (χ1n) is 5.48. The molecule has 0 saturated carbocycles. The van der Waals surface area contributed by atoms with E-state index in [0.29, 0.717) is 5.56 Å². The summed E-state index contributed by atoms with van der Waals surface area (Å²) in [5.74, 6) is 0.0786. The van der Waals surface area contributed by atoms with E-state index in [2.05, 4.69) is 4.99 Å². The maximum Gasteiger partial charge on any atom is 0.436 e. The van der Waals surface area contributed by atoms with Gasteiger partial charge in [0.2, 0.25) is 5.72 Å². The number of hydrogen-bond acceptors (Lipinski definition) is 3. The summed E-state index contributed by atoms with van der Waals surface area (Å²) < 4.78 is 38.5.